The number of imidazole rings is 1. The lowest BCUT2D eigenvalue weighted by molar-refractivity contribution is -0.119. The number of nitrogens with one attached hydrogen (secondary N) is 1. The third-order valence-electron chi connectivity index (χ3n) is 4.80. The van der Waals surface area contributed by atoms with Gasteiger partial charge in [-0.15, -0.1) is 0 Å². The molecule has 0 bridgehead atoms. The Kier molecular flexibility index (Phi) is 5.71. The van der Waals surface area contributed by atoms with Crippen LogP contribution in [0.2, 0.25) is 10.0 Å². The quantitative estimate of drug-likeness (QED) is 0.708. The Labute approximate surface area is 155 Å². The number of H-pyrrole nitrogens is 1. The minimum absolute atomic E-state index is 0.216. The molecule has 2 aromatic rings. The maximum Gasteiger partial charge on any atom is 0.217 e. The van der Waals surface area contributed by atoms with E-state index in [1.165, 1.54) is 0 Å². The highest BCUT2D eigenvalue weighted by Crippen LogP contribution is 2.40. The molecule has 8 heteroatoms. The van der Waals surface area contributed by atoms with Crippen molar-refractivity contribution in [2.75, 3.05) is 6.61 Å². The molecular weight excluding hydrogens is 365 g/mol. The van der Waals surface area contributed by atoms with Crippen LogP contribution in [-0.4, -0.2) is 27.6 Å². The summed E-state index contributed by atoms with van der Waals surface area (Å²) in [5, 5.41) is 9.93. The molecule has 0 spiro atoms. The standard InChI is InChI=1S/C17H21Cl2N3O3/c18-11-6-12-16(22-14(7-23)21-12)17(15(11)19)25-8-10-4-2-1-3-9(10)5-13(20)24/h6,9-10,23H,1-5,7-8H2,(H2,20,24)(H,21,22)/t9-,10+/m0/s1. The minimum atomic E-state index is -0.278. The highest BCUT2D eigenvalue weighted by Gasteiger charge is 2.28. The second-order valence-electron chi connectivity index (χ2n) is 6.53. The molecule has 1 aromatic heterocycles. The molecule has 2 atom stereocenters. The summed E-state index contributed by atoms with van der Waals surface area (Å²) in [7, 11) is 0. The fourth-order valence-electron chi connectivity index (χ4n) is 3.55. The van der Waals surface area contributed by atoms with Gasteiger partial charge in [-0.3, -0.25) is 4.79 Å². The topological polar surface area (TPSA) is 101 Å². The van der Waals surface area contributed by atoms with Crippen molar-refractivity contribution in [3.05, 3.63) is 21.9 Å². The fourth-order valence-corrected chi connectivity index (χ4v) is 3.94. The zero-order valence-corrected chi connectivity index (χ0v) is 15.2. The number of aromatic nitrogens is 2. The number of hydrogen-bond donors (Lipinski definition) is 3. The predicted molar refractivity (Wildman–Crippen MR) is 96.8 cm³/mol. The Balaban J connectivity index is 1.83. The molecule has 0 aliphatic heterocycles. The van der Waals surface area contributed by atoms with Crippen LogP contribution in [0.25, 0.3) is 11.0 Å². The van der Waals surface area contributed by atoms with Gasteiger partial charge in [0, 0.05) is 6.42 Å². The smallest absolute Gasteiger partial charge is 0.217 e. The number of carbonyl (C=O) groups excluding carboxylic acids is 1. The van der Waals surface area contributed by atoms with Crippen LogP contribution in [0.1, 0.15) is 37.9 Å². The summed E-state index contributed by atoms with van der Waals surface area (Å²) < 4.78 is 6.01. The number of aliphatic hydroxyl groups is 1. The van der Waals surface area contributed by atoms with E-state index in [1.54, 1.807) is 6.07 Å². The van der Waals surface area contributed by atoms with Crippen molar-refractivity contribution < 1.29 is 14.6 Å². The monoisotopic (exact) mass is 385 g/mol. The zero-order chi connectivity index (χ0) is 18.0. The lowest BCUT2D eigenvalue weighted by Gasteiger charge is -2.30. The van der Waals surface area contributed by atoms with Crippen LogP contribution < -0.4 is 10.5 Å². The summed E-state index contributed by atoms with van der Waals surface area (Å²) in [5.74, 6) is 1.01. The van der Waals surface area contributed by atoms with Gasteiger partial charge >= 0.3 is 0 Å². The molecule has 136 valence electrons. The number of nitrogens with two attached hydrogens (primary N) is 1. The molecule has 1 aliphatic carbocycles. The lowest BCUT2D eigenvalue weighted by atomic mass is 9.78. The minimum Gasteiger partial charge on any atom is -0.489 e. The summed E-state index contributed by atoms with van der Waals surface area (Å²) in [5.41, 5.74) is 6.57. The normalized spacial score (nSPS) is 20.8. The van der Waals surface area contributed by atoms with E-state index in [0.29, 0.717) is 45.7 Å². The van der Waals surface area contributed by atoms with Crippen LogP contribution >= 0.6 is 23.2 Å². The predicted octanol–water partition coefficient (Wildman–Crippen LogP) is 3.42. The van der Waals surface area contributed by atoms with E-state index in [1.807, 2.05) is 0 Å². The van der Waals surface area contributed by atoms with Crippen molar-refractivity contribution in [1.29, 1.82) is 0 Å². The molecule has 1 amide bonds. The summed E-state index contributed by atoms with van der Waals surface area (Å²) in [6, 6.07) is 1.66. The fraction of sp³-hybridized carbons (Fsp3) is 0.529. The van der Waals surface area contributed by atoms with Gasteiger partial charge in [-0.1, -0.05) is 36.0 Å². The van der Waals surface area contributed by atoms with Gasteiger partial charge in [0.25, 0.3) is 0 Å². The van der Waals surface area contributed by atoms with Crippen LogP contribution in [0, 0.1) is 11.8 Å². The van der Waals surface area contributed by atoms with Gasteiger partial charge in [0.15, 0.2) is 5.75 Å². The maximum absolute atomic E-state index is 11.3. The number of aliphatic hydroxyl groups excluding tert-OH is 1. The average Bonchev–Trinajstić information content (AvgIpc) is 2.98. The van der Waals surface area contributed by atoms with Gasteiger partial charge in [-0.05, 0) is 30.7 Å². The Bertz CT molecular complexity index is 778. The van der Waals surface area contributed by atoms with Crippen molar-refractivity contribution in [3.8, 4) is 5.75 Å². The van der Waals surface area contributed by atoms with E-state index >= 15 is 0 Å². The van der Waals surface area contributed by atoms with E-state index in [0.717, 1.165) is 25.7 Å². The highest BCUT2D eigenvalue weighted by molar-refractivity contribution is 6.44. The summed E-state index contributed by atoms with van der Waals surface area (Å²) in [6.07, 6.45) is 4.56. The number of fused-ring (bicyclic) bond motifs is 1. The van der Waals surface area contributed by atoms with Gasteiger partial charge in [0.1, 0.15) is 23.0 Å². The van der Waals surface area contributed by atoms with E-state index in [-0.39, 0.29) is 24.3 Å². The van der Waals surface area contributed by atoms with Gasteiger partial charge in [-0.25, -0.2) is 4.98 Å². The van der Waals surface area contributed by atoms with E-state index in [4.69, 9.17) is 33.7 Å². The molecule has 0 radical (unpaired) electrons. The van der Waals surface area contributed by atoms with Crippen LogP contribution in [-0.2, 0) is 11.4 Å². The van der Waals surface area contributed by atoms with Crippen molar-refractivity contribution in [2.24, 2.45) is 17.6 Å². The number of carbonyl (C=O) groups is 1. The Hall–Kier alpha value is -1.50. The number of ether oxygens (including phenoxy) is 1. The van der Waals surface area contributed by atoms with E-state index in [9.17, 15) is 9.90 Å². The summed E-state index contributed by atoms with van der Waals surface area (Å²) in [4.78, 5) is 18.6. The molecule has 0 unspecified atom stereocenters. The highest BCUT2D eigenvalue weighted by atomic mass is 35.5. The van der Waals surface area contributed by atoms with E-state index < -0.39 is 0 Å². The Morgan fingerprint density at radius 3 is 2.76 bits per heavy atom. The second-order valence-corrected chi connectivity index (χ2v) is 7.31. The largest absolute Gasteiger partial charge is 0.489 e. The third kappa shape index (κ3) is 4.02. The number of nitrogens with zero attached hydrogens (tertiary/aromatic N) is 1. The van der Waals surface area contributed by atoms with Gasteiger partial charge in [-0.2, -0.15) is 0 Å². The first-order valence-electron chi connectivity index (χ1n) is 8.38. The number of aromatic amines is 1. The molecule has 25 heavy (non-hydrogen) atoms. The van der Waals surface area contributed by atoms with Crippen LogP contribution in [0.4, 0.5) is 0 Å². The molecule has 0 saturated heterocycles. The first-order valence-corrected chi connectivity index (χ1v) is 9.13. The third-order valence-corrected chi connectivity index (χ3v) is 5.57. The molecule has 1 fully saturated rings. The number of primary amides is 1. The number of benzene rings is 1. The van der Waals surface area contributed by atoms with Crippen molar-refractivity contribution >= 4 is 40.1 Å². The number of halogens is 2. The SMILES string of the molecule is NC(=O)C[C@@H]1CCCC[C@@H]1COc1c(Cl)c(Cl)cc2[nH]c(CO)nc12. The summed E-state index contributed by atoms with van der Waals surface area (Å²) in [6.45, 7) is 0.209. The molecule has 1 aliphatic rings. The molecule has 3 rings (SSSR count). The molecule has 4 N–H and O–H groups in total. The molecule has 1 heterocycles. The van der Waals surface area contributed by atoms with Crippen LogP contribution in [0.5, 0.6) is 5.75 Å². The zero-order valence-electron chi connectivity index (χ0n) is 13.7. The average molecular weight is 386 g/mol. The number of amides is 1. The molecular formula is C17H21Cl2N3O3. The first-order chi connectivity index (χ1) is 12.0. The summed E-state index contributed by atoms with van der Waals surface area (Å²) >= 11 is 12.5. The van der Waals surface area contributed by atoms with Crippen molar-refractivity contribution in [2.45, 2.75) is 38.7 Å². The van der Waals surface area contributed by atoms with Crippen molar-refractivity contribution in [3.63, 3.8) is 0 Å². The van der Waals surface area contributed by atoms with Gasteiger partial charge in [0.2, 0.25) is 5.91 Å². The molecule has 6 nitrogen and oxygen atoms in total. The first kappa shape index (κ1) is 18.3. The molecule has 1 saturated carbocycles. The van der Waals surface area contributed by atoms with Crippen molar-refractivity contribution in [1.82, 2.24) is 9.97 Å². The number of rotatable bonds is 6. The Morgan fingerprint density at radius 2 is 2.08 bits per heavy atom. The van der Waals surface area contributed by atoms with Crippen LogP contribution in [0.3, 0.4) is 0 Å². The second kappa shape index (κ2) is 7.81. The van der Waals surface area contributed by atoms with Gasteiger partial charge in [0.05, 0.1) is 17.1 Å². The Morgan fingerprint density at radius 1 is 1.36 bits per heavy atom. The maximum atomic E-state index is 11.3. The number of hydrogen-bond acceptors (Lipinski definition) is 4. The lowest BCUT2D eigenvalue weighted by Crippen LogP contribution is -2.29. The van der Waals surface area contributed by atoms with E-state index in [2.05, 4.69) is 9.97 Å². The van der Waals surface area contributed by atoms with Gasteiger partial charge < -0.3 is 20.6 Å². The molecule has 1 aromatic carbocycles. The van der Waals surface area contributed by atoms with Crippen LogP contribution in [0.15, 0.2) is 6.07 Å².